The minimum Gasteiger partial charge on any atom is -0.466 e. The molecule has 77 heavy (non-hydrogen) atoms. The maximum absolute atomic E-state index is 12.4. The molecule has 0 fully saturated rings. The van der Waals surface area contributed by atoms with Gasteiger partial charge in [0.15, 0.2) is 0 Å². The summed E-state index contributed by atoms with van der Waals surface area (Å²) in [6, 6.07) is -0.621. The predicted molar refractivity (Wildman–Crippen MR) is 338 cm³/mol. The SMILES string of the molecule is CCCCCCC/C=C\CCCCCCCC(=O)OCCCCCCCCCCCCCCCCCCCCCCCCCCCCCCCCCCCCCCCC(=O)NC(CO)C(O)/C=C/CCCCCCCCC. The number of carbonyl (C=O) groups is 2. The Morgan fingerprint density at radius 3 is 0.922 bits per heavy atom. The van der Waals surface area contributed by atoms with E-state index in [1.165, 1.54) is 321 Å². The molecule has 6 nitrogen and oxygen atoms in total. The maximum atomic E-state index is 12.4. The molecule has 2 atom stereocenters. The molecule has 456 valence electrons. The van der Waals surface area contributed by atoms with E-state index in [1.54, 1.807) is 6.08 Å². The monoisotopic (exact) mass is 1080 g/mol. The molecule has 0 bridgehead atoms. The van der Waals surface area contributed by atoms with Gasteiger partial charge >= 0.3 is 5.97 Å². The Labute approximate surface area is 481 Å². The van der Waals surface area contributed by atoms with Crippen molar-refractivity contribution in [3.63, 3.8) is 0 Å². The summed E-state index contributed by atoms with van der Waals surface area (Å²) in [5.41, 5.74) is 0. The van der Waals surface area contributed by atoms with Gasteiger partial charge in [0, 0.05) is 12.8 Å². The first kappa shape index (κ1) is 75.3. The van der Waals surface area contributed by atoms with Crippen LogP contribution in [-0.2, 0) is 14.3 Å². The summed E-state index contributed by atoms with van der Waals surface area (Å²) >= 11 is 0. The van der Waals surface area contributed by atoms with Crippen LogP contribution < -0.4 is 5.32 Å². The number of esters is 1. The van der Waals surface area contributed by atoms with E-state index < -0.39 is 12.1 Å². The molecule has 0 saturated carbocycles. The second-order valence-electron chi connectivity index (χ2n) is 24.2. The van der Waals surface area contributed by atoms with E-state index in [1.807, 2.05) is 6.08 Å². The van der Waals surface area contributed by atoms with E-state index in [4.69, 9.17) is 4.74 Å². The third kappa shape index (κ3) is 63.4. The number of hydrogen-bond donors (Lipinski definition) is 3. The lowest BCUT2D eigenvalue weighted by Crippen LogP contribution is -2.45. The van der Waals surface area contributed by atoms with E-state index in [2.05, 4.69) is 31.3 Å². The van der Waals surface area contributed by atoms with Gasteiger partial charge in [-0.25, -0.2) is 0 Å². The summed E-state index contributed by atoms with van der Waals surface area (Å²) in [7, 11) is 0. The molecular formula is C71H137NO5. The topological polar surface area (TPSA) is 95.9 Å². The largest absolute Gasteiger partial charge is 0.466 e. The molecule has 0 aliphatic heterocycles. The highest BCUT2D eigenvalue weighted by atomic mass is 16.5. The Morgan fingerprint density at radius 1 is 0.351 bits per heavy atom. The lowest BCUT2D eigenvalue weighted by molar-refractivity contribution is -0.143. The standard InChI is InChI=1S/C71H137NO5/c1-3-5-7-9-11-13-14-15-42-45-49-53-57-61-65-71(76)77-66-62-58-54-50-46-43-40-38-36-34-32-30-28-26-24-22-20-18-16-17-19-21-23-25-27-29-31-33-35-37-39-41-44-48-52-56-60-64-70(75)72-68(67-73)69(74)63-59-55-51-47-12-10-8-6-4-2/h14-15,59,63,68-69,73-74H,3-13,16-58,60-62,64-67H2,1-2H3,(H,72,75)/b15-14-,63-59+. The molecule has 0 aromatic rings. The number of aliphatic hydroxyl groups is 2. The molecule has 0 radical (unpaired) electrons. The van der Waals surface area contributed by atoms with Crippen molar-refractivity contribution in [2.24, 2.45) is 0 Å². The lowest BCUT2D eigenvalue weighted by Gasteiger charge is -2.20. The van der Waals surface area contributed by atoms with Gasteiger partial charge in [0.2, 0.25) is 5.91 Å². The van der Waals surface area contributed by atoms with E-state index in [0.717, 1.165) is 44.9 Å². The zero-order valence-electron chi connectivity index (χ0n) is 52.2. The molecule has 1 amide bonds. The van der Waals surface area contributed by atoms with Gasteiger partial charge in [-0.2, -0.15) is 0 Å². The maximum Gasteiger partial charge on any atom is 0.305 e. The molecule has 0 aromatic heterocycles. The number of aliphatic hydroxyl groups excluding tert-OH is 2. The van der Waals surface area contributed by atoms with Gasteiger partial charge in [-0.1, -0.05) is 346 Å². The van der Waals surface area contributed by atoms with Crippen LogP contribution in [0.15, 0.2) is 24.3 Å². The van der Waals surface area contributed by atoms with Gasteiger partial charge < -0.3 is 20.3 Å². The lowest BCUT2D eigenvalue weighted by atomic mass is 10.0. The normalized spacial score (nSPS) is 12.6. The Balaban J connectivity index is 3.27. The number of allylic oxidation sites excluding steroid dienone is 3. The second kappa shape index (κ2) is 66.8. The fourth-order valence-corrected chi connectivity index (χ4v) is 11.1. The zero-order chi connectivity index (χ0) is 55.7. The Hall–Kier alpha value is -1.66. The molecule has 0 saturated heterocycles. The van der Waals surface area contributed by atoms with Crippen LogP contribution in [-0.4, -0.2) is 47.4 Å². The van der Waals surface area contributed by atoms with Crippen molar-refractivity contribution < 1.29 is 24.5 Å². The molecule has 2 unspecified atom stereocenters. The molecule has 3 N–H and O–H groups in total. The average Bonchev–Trinajstić information content (AvgIpc) is 3.43. The summed E-state index contributed by atoms with van der Waals surface area (Å²) in [5, 5.41) is 23.0. The number of unbranched alkanes of at least 4 members (excludes halogenated alkanes) is 53. The highest BCUT2D eigenvalue weighted by Gasteiger charge is 2.18. The van der Waals surface area contributed by atoms with Crippen LogP contribution >= 0.6 is 0 Å². The molecular weight excluding hydrogens is 947 g/mol. The first-order chi connectivity index (χ1) is 38.0. The van der Waals surface area contributed by atoms with Crippen molar-refractivity contribution >= 4 is 11.9 Å². The van der Waals surface area contributed by atoms with Crippen molar-refractivity contribution in [1.29, 1.82) is 0 Å². The van der Waals surface area contributed by atoms with Gasteiger partial charge in [-0.05, 0) is 57.8 Å². The van der Waals surface area contributed by atoms with Crippen LogP contribution in [0, 0.1) is 0 Å². The van der Waals surface area contributed by atoms with E-state index >= 15 is 0 Å². The van der Waals surface area contributed by atoms with E-state index in [-0.39, 0.29) is 18.5 Å². The van der Waals surface area contributed by atoms with Crippen LogP contribution in [0.25, 0.3) is 0 Å². The average molecular weight is 1080 g/mol. The van der Waals surface area contributed by atoms with Crippen LogP contribution in [0.2, 0.25) is 0 Å². The van der Waals surface area contributed by atoms with Crippen LogP contribution in [0.4, 0.5) is 0 Å². The summed E-state index contributed by atoms with van der Waals surface area (Å²) in [6.45, 7) is 4.89. The highest BCUT2D eigenvalue weighted by Crippen LogP contribution is 2.19. The minimum atomic E-state index is -0.837. The van der Waals surface area contributed by atoms with E-state index in [9.17, 15) is 19.8 Å². The Bertz CT molecular complexity index is 1200. The number of nitrogens with one attached hydrogen (secondary N) is 1. The molecule has 0 aromatic carbocycles. The van der Waals surface area contributed by atoms with Crippen LogP contribution in [0.1, 0.15) is 393 Å². The minimum absolute atomic E-state index is 0.0150. The third-order valence-electron chi connectivity index (χ3n) is 16.5. The third-order valence-corrected chi connectivity index (χ3v) is 16.5. The molecule has 6 heteroatoms. The van der Waals surface area contributed by atoms with Crippen molar-refractivity contribution in [1.82, 2.24) is 5.32 Å². The number of carbonyl (C=O) groups excluding carboxylic acids is 2. The van der Waals surface area contributed by atoms with Crippen molar-refractivity contribution in [2.75, 3.05) is 13.2 Å². The highest BCUT2D eigenvalue weighted by molar-refractivity contribution is 5.76. The molecule has 0 aliphatic carbocycles. The van der Waals surface area contributed by atoms with Crippen LogP contribution in [0.3, 0.4) is 0 Å². The molecule has 0 aliphatic rings. The Morgan fingerprint density at radius 2 is 0.610 bits per heavy atom. The number of amides is 1. The van der Waals surface area contributed by atoms with Crippen LogP contribution in [0.5, 0.6) is 0 Å². The summed E-state index contributed by atoms with van der Waals surface area (Å²) < 4.78 is 5.49. The fourth-order valence-electron chi connectivity index (χ4n) is 11.1. The smallest absolute Gasteiger partial charge is 0.305 e. The molecule has 0 rings (SSSR count). The first-order valence-electron chi connectivity index (χ1n) is 35.1. The summed E-state index contributed by atoms with van der Waals surface area (Å²) in [6.07, 6.45) is 84.4. The predicted octanol–water partition coefficient (Wildman–Crippen LogP) is 22.5. The second-order valence-corrected chi connectivity index (χ2v) is 24.2. The van der Waals surface area contributed by atoms with Gasteiger partial charge in [-0.15, -0.1) is 0 Å². The number of hydrogen-bond acceptors (Lipinski definition) is 5. The van der Waals surface area contributed by atoms with Crippen molar-refractivity contribution in [2.45, 2.75) is 405 Å². The van der Waals surface area contributed by atoms with Crippen molar-refractivity contribution in [3.05, 3.63) is 24.3 Å². The van der Waals surface area contributed by atoms with Gasteiger partial charge in [0.1, 0.15) is 0 Å². The molecule has 0 spiro atoms. The zero-order valence-corrected chi connectivity index (χ0v) is 52.2. The summed E-state index contributed by atoms with van der Waals surface area (Å²) in [5.74, 6) is -0.0485. The van der Waals surface area contributed by atoms with Gasteiger partial charge in [0.05, 0.1) is 25.4 Å². The number of ether oxygens (including phenoxy) is 1. The van der Waals surface area contributed by atoms with Gasteiger partial charge in [-0.3, -0.25) is 9.59 Å². The van der Waals surface area contributed by atoms with E-state index in [0.29, 0.717) is 19.4 Å². The van der Waals surface area contributed by atoms with Crippen molar-refractivity contribution in [3.8, 4) is 0 Å². The van der Waals surface area contributed by atoms with Gasteiger partial charge in [0.25, 0.3) is 0 Å². The quantitative estimate of drug-likeness (QED) is 0.0320. The first-order valence-corrected chi connectivity index (χ1v) is 35.1. The number of rotatable bonds is 66. The Kier molecular flexibility index (Phi) is 65.4. The summed E-state index contributed by atoms with van der Waals surface area (Å²) in [4.78, 5) is 24.5. The molecule has 0 heterocycles. The fraction of sp³-hybridized carbons (Fsp3) is 0.915.